The third-order valence-corrected chi connectivity index (χ3v) is 6.45. The molecule has 1 aliphatic carbocycles. The first kappa shape index (κ1) is 21.2. The summed E-state index contributed by atoms with van der Waals surface area (Å²) < 4.78 is 48.9. The minimum absolute atomic E-state index is 0.104. The highest BCUT2D eigenvalue weighted by Gasteiger charge is 2.39. The fourth-order valence-electron chi connectivity index (χ4n) is 4.91. The van der Waals surface area contributed by atoms with Crippen molar-refractivity contribution in [3.8, 4) is 11.3 Å². The van der Waals surface area contributed by atoms with E-state index in [4.69, 9.17) is 9.84 Å². The molecule has 0 bridgehead atoms. The molecule has 2 aromatic carbocycles. The lowest BCUT2D eigenvalue weighted by Gasteiger charge is -2.29. The van der Waals surface area contributed by atoms with Crippen LogP contribution in [0.25, 0.3) is 11.3 Å². The van der Waals surface area contributed by atoms with Crippen molar-refractivity contribution in [1.29, 1.82) is 0 Å². The summed E-state index contributed by atoms with van der Waals surface area (Å²) in [6, 6.07) is 7.59. The van der Waals surface area contributed by atoms with Crippen molar-refractivity contribution in [3.05, 3.63) is 76.2 Å². The maximum Gasteiger partial charge on any atom is 0.129 e. The highest BCUT2D eigenvalue weighted by Crippen LogP contribution is 2.40. The standard InChI is InChI=1S/C24H24F3N3O2/c1-32-9-8-29-7-6-21-19(13-29)23(14-2-4-15(25)5-3-14)28-30(21)24-18-10-16(26)11-20(27)17(18)12-22(24)31/h2-5,10-11,22,24,31H,6-9,12-13H2,1H3/t22-,24-/m1/s1. The Hall–Kier alpha value is -2.68. The Morgan fingerprint density at radius 2 is 1.88 bits per heavy atom. The van der Waals surface area contributed by atoms with Crippen molar-refractivity contribution in [3.63, 3.8) is 0 Å². The van der Waals surface area contributed by atoms with Gasteiger partial charge in [-0.15, -0.1) is 0 Å². The van der Waals surface area contributed by atoms with E-state index < -0.39 is 23.8 Å². The summed E-state index contributed by atoms with van der Waals surface area (Å²) in [6.45, 7) is 2.76. The summed E-state index contributed by atoms with van der Waals surface area (Å²) in [5.41, 5.74) is 4.12. The quantitative estimate of drug-likeness (QED) is 0.656. The van der Waals surface area contributed by atoms with E-state index >= 15 is 0 Å². The summed E-state index contributed by atoms with van der Waals surface area (Å²) in [7, 11) is 1.66. The number of nitrogens with zero attached hydrogens (tertiary/aromatic N) is 3. The van der Waals surface area contributed by atoms with Crippen LogP contribution in [-0.4, -0.2) is 52.7 Å². The molecule has 0 saturated carbocycles. The number of hydrogen-bond acceptors (Lipinski definition) is 4. The van der Waals surface area contributed by atoms with Crippen LogP contribution in [0.1, 0.15) is 28.4 Å². The number of benzene rings is 2. The second-order valence-corrected chi connectivity index (χ2v) is 8.42. The molecule has 0 spiro atoms. The molecule has 0 radical (unpaired) electrons. The maximum absolute atomic E-state index is 14.4. The SMILES string of the molecule is COCCN1CCc2c(c(-c3ccc(F)cc3)nn2[C@@H]2c3cc(F)cc(F)c3C[C@H]2O)C1. The summed E-state index contributed by atoms with van der Waals surface area (Å²) in [5, 5.41) is 15.7. The first-order valence-corrected chi connectivity index (χ1v) is 10.7. The number of aliphatic hydroxyl groups excluding tert-OH is 1. The van der Waals surface area contributed by atoms with Gasteiger partial charge in [-0.3, -0.25) is 9.58 Å². The van der Waals surface area contributed by atoms with Crippen LogP contribution < -0.4 is 0 Å². The fraction of sp³-hybridized carbons (Fsp3) is 0.375. The van der Waals surface area contributed by atoms with E-state index in [1.54, 1.807) is 23.9 Å². The van der Waals surface area contributed by atoms with Crippen molar-refractivity contribution >= 4 is 0 Å². The Balaban J connectivity index is 1.63. The van der Waals surface area contributed by atoms with Gasteiger partial charge in [0, 0.05) is 62.5 Å². The molecule has 0 saturated heterocycles. The van der Waals surface area contributed by atoms with E-state index in [1.807, 2.05) is 0 Å². The van der Waals surface area contributed by atoms with Gasteiger partial charge in [-0.1, -0.05) is 0 Å². The van der Waals surface area contributed by atoms with Gasteiger partial charge in [-0.25, -0.2) is 13.2 Å². The first-order valence-electron chi connectivity index (χ1n) is 10.7. The molecule has 0 unspecified atom stereocenters. The number of methoxy groups -OCH3 is 1. The highest BCUT2D eigenvalue weighted by atomic mass is 19.1. The lowest BCUT2D eigenvalue weighted by molar-refractivity contribution is 0.130. The third-order valence-electron chi connectivity index (χ3n) is 6.45. The summed E-state index contributed by atoms with van der Waals surface area (Å²) in [4.78, 5) is 2.25. The van der Waals surface area contributed by atoms with Crippen molar-refractivity contribution in [1.82, 2.24) is 14.7 Å². The normalized spacial score (nSPS) is 20.4. The molecule has 2 aliphatic rings. The molecular weight excluding hydrogens is 419 g/mol. The molecule has 5 nitrogen and oxygen atoms in total. The molecule has 1 aliphatic heterocycles. The van der Waals surface area contributed by atoms with Crippen LogP contribution in [0.2, 0.25) is 0 Å². The van der Waals surface area contributed by atoms with Crippen molar-refractivity contribution in [2.75, 3.05) is 26.8 Å². The van der Waals surface area contributed by atoms with E-state index in [0.717, 1.165) is 36.0 Å². The van der Waals surface area contributed by atoms with E-state index in [0.29, 0.717) is 36.4 Å². The lowest BCUT2D eigenvalue weighted by Crippen LogP contribution is -2.34. The molecule has 2 heterocycles. The zero-order valence-electron chi connectivity index (χ0n) is 17.7. The highest BCUT2D eigenvalue weighted by molar-refractivity contribution is 5.65. The van der Waals surface area contributed by atoms with Gasteiger partial charge in [0.05, 0.1) is 18.4 Å². The van der Waals surface area contributed by atoms with Crippen LogP contribution >= 0.6 is 0 Å². The van der Waals surface area contributed by atoms with Gasteiger partial charge in [0.25, 0.3) is 0 Å². The van der Waals surface area contributed by atoms with Crippen molar-refractivity contribution < 1.29 is 23.0 Å². The number of ether oxygens (including phenoxy) is 1. The Morgan fingerprint density at radius 1 is 1.09 bits per heavy atom. The molecule has 0 amide bonds. The van der Waals surface area contributed by atoms with Crippen LogP contribution in [0.15, 0.2) is 36.4 Å². The molecule has 168 valence electrons. The molecule has 1 N–H and O–H groups in total. The minimum atomic E-state index is -0.919. The maximum atomic E-state index is 14.4. The average Bonchev–Trinajstić information content (AvgIpc) is 3.29. The molecule has 1 aromatic heterocycles. The fourth-order valence-corrected chi connectivity index (χ4v) is 4.91. The van der Waals surface area contributed by atoms with E-state index in [1.165, 1.54) is 18.2 Å². The van der Waals surface area contributed by atoms with Gasteiger partial charge >= 0.3 is 0 Å². The smallest absolute Gasteiger partial charge is 0.129 e. The van der Waals surface area contributed by atoms with E-state index in [2.05, 4.69) is 4.90 Å². The van der Waals surface area contributed by atoms with Crippen LogP contribution in [0.5, 0.6) is 0 Å². The van der Waals surface area contributed by atoms with Gasteiger partial charge in [0.1, 0.15) is 23.5 Å². The van der Waals surface area contributed by atoms with Gasteiger partial charge in [0.2, 0.25) is 0 Å². The predicted molar refractivity (Wildman–Crippen MR) is 113 cm³/mol. The van der Waals surface area contributed by atoms with Crippen LogP contribution in [-0.2, 0) is 24.1 Å². The topological polar surface area (TPSA) is 50.5 Å². The number of aliphatic hydroxyl groups is 1. The Bertz CT molecular complexity index is 1150. The first-order chi connectivity index (χ1) is 15.5. The van der Waals surface area contributed by atoms with Gasteiger partial charge in [-0.2, -0.15) is 5.10 Å². The Morgan fingerprint density at radius 3 is 2.62 bits per heavy atom. The molecule has 5 rings (SSSR count). The zero-order valence-corrected chi connectivity index (χ0v) is 17.7. The van der Waals surface area contributed by atoms with Crippen molar-refractivity contribution in [2.24, 2.45) is 0 Å². The van der Waals surface area contributed by atoms with Crippen molar-refractivity contribution in [2.45, 2.75) is 31.5 Å². The largest absolute Gasteiger partial charge is 0.390 e. The van der Waals surface area contributed by atoms with Crippen LogP contribution in [0.3, 0.4) is 0 Å². The van der Waals surface area contributed by atoms with Crippen LogP contribution in [0, 0.1) is 17.5 Å². The number of rotatable bonds is 5. The average molecular weight is 443 g/mol. The van der Waals surface area contributed by atoms with Gasteiger partial charge in [0.15, 0.2) is 0 Å². The summed E-state index contributed by atoms with van der Waals surface area (Å²) >= 11 is 0. The molecular formula is C24H24F3N3O2. The van der Waals surface area contributed by atoms with Gasteiger partial charge < -0.3 is 9.84 Å². The zero-order chi connectivity index (χ0) is 22.4. The number of hydrogen-bond donors (Lipinski definition) is 1. The van der Waals surface area contributed by atoms with E-state index in [-0.39, 0.29) is 12.2 Å². The lowest BCUT2D eigenvalue weighted by atomic mass is 10.00. The molecule has 32 heavy (non-hydrogen) atoms. The molecule has 3 aromatic rings. The Labute approximate surface area is 184 Å². The van der Waals surface area contributed by atoms with Crippen LogP contribution in [0.4, 0.5) is 13.2 Å². The molecule has 8 heteroatoms. The summed E-state index contributed by atoms with van der Waals surface area (Å²) in [6.07, 6.45) is -0.145. The summed E-state index contributed by atoms with van der Waals surface area (Å²) in [5.74, 6) is -1.66. The predicted octanol–water partition coefficient (Wildman–Crippen LogP) is 3.48. The second-order valence-electron chi connectivity index (χ2n) is 8.42. The minimum Gasteiger partial charge on any atom is -0.390 e. The molecule has 0 fully saturated rings. The second kappa shape index (κ2) is 8.35. The van der Waals surface area contributed by atoms with E-state index in [9.17, 15) is 18.3 Å². The van der Waals surface area contributed by atoms with Gasteiger partial charge in [-0.05, 0) is 41.5 Å². The number of halogens is 3. The Kier molecular flexibility index (Phi) is 5.53. The number of fused-ring (bicyclic) bond motifs is 2. The monoisotopic (exact) mass is 443 g/mol. The number of aromatic nitrogens is 2. The third kappa shape index (κ3) is 3.62. The molecule has 2 atom stereocenters.